The molecule has 0 spiro atoms. The van der Waals surface area contributed by atoms with Crippen LogP contribution in [0.3, 0.4) is 0 Å². The zero-order valence-electron chi connectivity index (χ0n) is 27.0. The molecule has 0 atom stereocenters. The molecule has 2 rings (SSSR count). The van der Waals surface area contributed by atoms with E-state index in [9.17, 15) is 13.2 Å². The van der Waals surface area contributed by atoms with Crippen LogP contribution in [0.1, 0.15) is 26.2 Å². The molecule has 0 aliphatic rings. The average molecular weight is 463 g/mol. The number of carbonyl (C=O) groups is 1. The third-order valence-corrected chi connectivity index (χ3v) is 4.73. The summed E-state index contributed by atoms with van der Waals surface area (Å²) < 4.78 is 128. The lowest BCUT2D eigenvalue weighted by Gasteiger charge is -2.13. The quantitative estimate of drug-likeness (QED) is 0.519. The van der Waals surface area contributed by atoms with Crippen LogP contribution in [0.4, 0.5) is 5.69 Å². The number of carboxylic acid groups (broad SMARTS) is 1. The van der Waals surface area contributed by atoms with Crippen molar-refractivity contribution in [3.05, 3.63) is 46.9 Å². The normalized spacial score (nSPS) is 18.2. The van der Waals surface area contributed by atoms with Crippen molar-refractivity contribution in [2.24, 2.45) is 0 Å². The number of sulfone groups is 1. The Bertz CT molecular complexity index is 1440. The zero-order chi connectivity index (χ0) is 32.3. The highest BCUT2D eigenvalue weighted by atomic mass is 32.2. The predicted octanol–water partition coefficient (Wildman–Crippen LogP) is 2.80. The van der Waals surface area contributed by atoms with E-state index >= 15 is 0 Å². The van der Waals surface area contributed by atoms with Crippen molar-refractivity contribution in [1.29, 1.82) is 0 Å². The molecule has 2 aromatic carbocycles. The van der Waals surface area contributed by atoms with Crippen LogP contribution in [0.15, 0.2) is 35.7 Å². The van der Waals surface area contributed by atoms with Gasteiger partial charge in [-0.3, -0.25) is 4.79 Å². The molecule has 168 valence electrons. The Hall–Kier alpha value is -3.40. The van der Waals surface area contributed by atoms with Gasteiger partial charge in [-0.25, -0.2) is 8.42 Å². The fourth-order valence-electron chi connectivity index (χ4n) is 2.40. The molecule has 0 saturated heterocycles. The summed E-state index contributed by atoms with van der Waals surface area (Å²) in [5.41, 5.74) is -4.42. The molecule has 0 amide bonds. The molecule has 2 aromatic rings. The van der Waals surface area contributed by atoms with Gasteiger partial charge in [0.05, 0.1) is 57.5 Å². The van der Waals surface area contributed by atoms with E-state index in [1.807, 2.05) is 0 Å². The first-order chi connectivity index (χ1) is 18.9. The molecule has 0 bridgehead atoms. The highest BCUT2D eigenvalue weighted by Crippen LogP contribution is 2.35. The summed E-state index contributed by atoms with van der Waals surface area (Å²) in [6, 6.07) is 4.61. The number of aliphatic carboxylic acids is 1. The van der Waals surface area contributed by atoms with Crippen molar-refractivity contribution in [3.8, 4) is 23.0 Å². The maximum Gasteiger partial charge on any atom is 0.322 e. The van der Waals surface area contributed by atoms with Gasteiger partial charge >= 0.3 is 5.97 Å². The van der Waals surface area contributed by atoms with Crippen molar-refractivity contribution in [2.45, 2.75) is 5.70 Å². The minimum atomic E-state index is -4.95. The van der Waals surface area contributed by atoms with Gasteiger partial charge in [-0.05, 0) is 23.8 Å². The summed E-state index contributed by atoms with van der Waals surface area (Å²) in [7, 11) is -12.8. The Morgan fingerprint density at radius 1 is 1.10 bits per heavy atom. The second-order valence-corrected chi connectivity index (χ2v) is 7.32. The zero-order valence-corrected chi connectivity index (χ0v) is 16.8. The Kier molecular flexibility index (Phi) is 4.25. The van der Waals surface area contributed by atoms with Crippen LogP contribution in [0.5, 0.6) is 23.0 Å². The maximum atomic E-state index is 13.2. The monoisotopic (exact) mass is 462 g/mol. The van der Waals surface area contributed by atoms with Gasteiger partial charge < -0.3 is 29.4 Å². The van der Waals surface area contributed by atoms with Gasteiger partial charge in [0.25, 0.3) is 0 Å². The molecule has 0 aliphatic heterocycles. The molecule has 2 N–H and O–H groups in total. The van der Waals surface area contributed by atoms with Gasteiger partial charge in [0.15, 0.2) is 9.84 Å². The highest BCUT2D eigenvalue weighted by Gasteiger charge is 2.15. The third-order valence-electron chi connectivity index (χ3n) is 3.72. The molecule has 0 heterocycles. The average Bonchev–Trinajstić information content (AvgIpc) is 2.79. The topological polar surface area (TPSA) is 120 Å². The van der Waals surface area contributed by atoms with Crippen molar-refractivity contribution in [1.82, 2.24) is 0 Å². The SMILES string of the molecule is [2H]C([2H])([2H])Oc1cc(OC)c(/C=C/S(=O)(=O)C([2H])([2H])c2ccc(OC([2H])([2H])[2H])c(NCC(=O)O)c2)c(OC([2H])([2H])[2H])c1. The van der Waals surface area contributed by atoms with Crippen LogP contribution < -0.4 is 24.3 Å². The highest BCUT2D eigenvalue weighted by molar-refractivity contribution is 7.93. The summed E-state index contributed by atoms with van der Waals surface area (Å²) in [6.07, 6.45) is 0.766. The Morgan fingerprint density at radius 3 is 2.42 bits per heavy atom. The predicted molar refractivity (Wildman–Crippen MR) is 117 cm³/mol. The lowest BCUT2D eigenvalue weighted by atomic mass is 10.1. The maximum absolute atomic E-state index is 13.2. The van der Waals surface area contributed by atoms with Gasteiger partial charge in [-0.15, -0.1) is 0 Å². The number of hydrogen-bond acceptors (Lipinski definition) is 8. The summed E-state index contributed by atoms with van der Waals surface area (Å²) >= 11 is 0. The molecular formula is C21H25NO8S. The van der Waals surface area contributed by atoms with E-state index in [0.717, 1.165) is 43.5 Å². The molecular weight excluding hydrogens is 426 g/mol. The van der Waals surface area contributed by atoms with Crippen LogP contribution in [0, 0.1) is 0 Å². The number of hydrogen-bond donors (Lipinski definition) is 2. The molecule has 9 nitrogen and oxygen atoms in total. The van der Waals surface area contributed by atoms with E-state index in [2.05, 4.69) is 5.32 Å². The number of rotatable bonds is 11. The second-order valence-electron chi connectivity index (χ2n) is 5.75. The van der Waals surface area contributed by atoms with Gasteiger partial charge in [0.2, 0.25) is 0 Å². The van der Waals surface area contributed by atoms with Crippen LogP contribution >= 0.6 is 0 Å². The van der Waals surface area contributed by atoms with Gasteiger partial charge in [0, 0.05) is 20.3 Å². The van der Waals surface area contributed by atoms with E-state index in [4.69, 9.17) is 39.1 Å². The van der Waals surface area contributed by atoms with Crippen LogP contribution in [-0.2, 0) is 20.3 Å². The van der Waals surface area contributed by atoms with E-state index in [-0.39, 0.29) is 17.0 Å². The molecule has 0 aliphatic carbocycles. The van der Waals surface area contributed by atoms with Gasteiger partial charge in [-0.2, -0.15) is 0 Å². The Labute approximate surface area is 196 Å². The van der Waals surface area contributed by atoms with E-state index in [0.29, 0.717) is 5.41 Å². The number of ether oxygens (including phenoxy) is 4. The minimum absolute atomic E-state index is 0.283. The van der Waals surface area contributed by atoms with Crippen molar-refractivity contribution < 1.29 is 52.3 Å². The van der Waals surface area contributed by atoms with Crippen molar-refractivity contribution in [2.75, 3.05) is 40.1 Å². The van der Waals surface area contributed by atoms with E-state index < -0.39 is 72.0 Å². The van der Waals surface area contributed by atoms with Crippen LogP contribution in [0.25, 0.3) is 6.08 Å². The van der Waals surface area contributed by atoms with Crippen molar-refractivity contribution in [3.63, 3.8) is 0 Å². The molecule has 0 radical (unpaired) electrons. The number of anilines is 1. The number of methoxy groups -OCH3 is 4. The first-order valence-corrected chi connectivity index (χ1v) is 9.81. The minimum Gasteiger partial charge on any atom is -0.496 e. The van der Waals surface area contributed by atoms with Crippen LogP contribution in [-0.4, -0.2) is 54.3 Å². The first-order valence-electron chi connectivity index (χ1n) is 13.8. The van der Waals surface area contributed by atoms with Gasteiger partial charge in [0.1, 0.15) is 29.5 Å². The lowest BCUT2D eigenvalue weighted by molar-refractivity contribution is -0.134. The standard InChI is InChI=1S/C21H25NO8S/c1-27-15-10-19(29-3)16(20(11-15)30-4)7-8-31(25,26)13-14-5-6-18(28-2)17(9-14)22-12-21(23)24/h5-11,22H,12-13H2,1-4H3,(H,23,24)/b8-7+/i1D3,2D3,3D3,13D2. The summed E-state index contributed by atoms with van der Waals surface area (Å²) in [4.78, 5) is 11.0. The Balaban J connectivity index is 2.61. The van der Waals surface area contributed by atoms with Crippen molar-refractivity contribution >= 4 is 27.6 Å². The number of nitrogens with one attached hydrogen (secondary N) is 1. The lowest BCUT2D eigenvalue weighted by Crippen LogP contribution is -2.13. The second kappa shape index (κ2) is 10.6. The molecule has 0 fully saturated rings. The smallest absolute Gasteiger partial charge is 0.322 e. The molecule has 0 unspecified atom stereocenters. The Morgan fingerprint density at radius 2 is 1.77 bits per heavy atom. The van der Waals surface area contributed by atoms with Crippen LogP contribution in [0.2, 0.25) is 0 Å². The number of benzene rings is 2. The summed E-state index contributed by atoms with van der Waals surface area (Å²) in [6.45, 7) is -0.746. The third kappa shape index (κ3) is 6.54. The molecule has 31 heavy (non-hydrogen) atoms. The fourth-order valence-corrected chi connectivity index (χ4v) is 3.24. The molecule has 0 saturated carbocycles. The largest absolute Gasteiger partial charge is 0.496 e. The molecule has 10 heteroatoms. The first kappa shape index (κ1) is 12.5. The summed E-state index contributed by atoms with van der Waals surface area (Å²) in [5, 5.41) is 11.7. The van der Waals surface area contributed by atoms with Gasteiger partial charge in [-0.1, -0.05) is 6.07 Å². The van der Waals surface area contributed by atoms with E-state index in [1.54, 1.807) is 0 Å². The molecule has 0 aromatic heterocycles. The van der Waals surface area contributed by atoms with E-state index in [1.165, 1.54) is 0 Å². The number of carboxylic acids is 1. The summed E-state index contributed by atoms with van der Waals surface area (Å²) in [5.74, 6) is -3.03. The fraction of sp³-hybridized carbons (Fsp3) is 0.286.